The van der Waals surface area contributed by atoms with Crippen LogP contribution in [0.4, 0.5) is 0 Å². The Morgan fingerprint density at radius 1 is 1.26 bits per heavy atom. The second-order valence-corrected chi connectivity index (χ2v) is 11.2. The van der Waals surface area contributed by atoms with Gasteiger partial charge in [0.1, 0.15) is 0 Å². The summed E-state index contributed by atoms with van der Waals surface area (Å²) in [5.74, 6) is 6.39. The summed E-state index contributed by atoms with van der Waals surface area (Å²) in [5, 5.41) is 0. The number of benzene rings is 1. The monoisotopic (exact) mass is 444 g/mol. The van der Waals surface area contributed by atoms with E-state index in [4.69, 9.17) is 4.74 Å². The number of carbonyl (C=O) groups excluding carboxylic acids is 1. The maximum atomic E-state index is 12.2. The number of hydrogen-bond donors (Lipinski definition) is 0. The van der Waals surface area contributed by atoms with E-state index in [1.807, 2.05) is 0 Å². The molecule has 1 saturated heterocycles. The highest BCUT2D eigenvalue weighted by Gasteiger charge is 2.44. The number of esters is 1. The van der Waals surface area contributed by atoms with Crippen LogP contribution in [-0.4, -0.2) is 82.1 Å². The van der Waals surface area contributed by atoms with Gasteiger partial charge in [-0.15, -0.1) is 0 Å². The first kappa shape index (κ1) is 23.5. The van der Waals surface area contributed by atoms with Gasteiger partial charge in [0, 0.05) is 50.5 Å². The van der Waals surface area contributed by atoms with Gasteiger partial charge in [0.15, 0.2) is 14.6 Å². The first-order valence-corrected chi connectivity index (χ1v) is 12.5. The first-order valence-electron chi connectivity index (χ1n) is 10.6. The summed E-state index contributed by atoms with van der Waals surface area (Å²) in [6.07, 6.45) is 4.38. The normalized spacial score (nSPS) is 20.1. The van der Waals surface area contributed by atoms with Crippen molar-refractivity contribution < 1.29 is 17.9 Å². The summed E-state index contributed by atoms with van der Waals surface area (Å²) in [6.45, 7) is 5.63. The molecule has 3 rings (SSSR count). The first-order chi connectivity index (χ1) is 14.6. The maximum absolute atomic E-state index is 12.2. The summed E-state index contributed by atoms with van der Waals surface area (Å²) in [6, 6.07) is 8.39. The van der Waals surface area contributed by atoms with Gasteiger partial charge in [-0.25, -0.2) is 8.42 Å². The molecule has 7 heteroatoms. The van der Waals surface area contributed by atoms with Crippen molar-refractivity contribution in [3.8, 4) is 11.8 Å². The molecular formula is C24H32N2O4S. The van der Waals surface area contributed by atoms with Gasteiger partial charge < -0.3 is 9.64 Å². The van der Waals surface area contributed by atoms with Gasteiger partial charge in [-0.3, -0.25) is 9.69 Å². The minimum absolute atomic E-state index is 0.214. The third-order valence-electron chi connectivity index (χ3n) is 6.37. The van der Waals surface area contributed by atoms with E-state index in [9.17, 15) is 13.2 Å². The summed E-state index contributed by atoms with van der Waals surface area (Å²) >= 11 is 0. The van der Waals surface area contributed by atoms with Crippen LogP contribution in [0.25, 0.3) is 5.57 Å². The van der Waals surface area contributed by atoms with Crippen LogP contribution in [-0.2, 0) is 19.4 Å². The Morgan fingerprint density at radius 2 is 1.94 bits per heavy atom. The molecule has 31 heavy (non-hydrogen) atoms. The fraction of sp³-hybridized carbons (Fsp3) is 0.542. The molecule has 0 saturated carbocycles. The second kappa shape index (κ2) is 9.56. The van der Waals surface area contributed by atoms with E-state index in [2.05, 4.69) is 59.0 Å². The molecule has 1 fully saturated rings. The number of likely N-dealkylation sites (tertiary alicyclic amines) is 1. The van der Waals surface area contributed by atoms with Gasteiger partial charge in [-0.1, -0.05) is 30.0 Å². The Hall–Kier alpha value is -2.14. The SMILES string of the molecule is COC(=O)C(C)(CCN1CC=C(c2ccc(C#CC3CN(C)C3)cc2)CC1)S(C)(=O)=O. The van der Waals surface area contributed by atoms with Crippen LogP contribution < -0.4 is 0 Å². The fourth-order valence-corrected chi connectivity index (χ4v) is 4.79. The second-order valence-electron chi connectivity index (χ2n) is 8.79. The Kier molecular flexibility index (Phi) is 7.25. The van der Waals surface area contributed by atoms with Gasteiger partial charge in [-0.2, -0.15) is 0 Å². The number of nitrogens with zero attached hydrogens (tertiary/aromatic N) is 2. The van der Waals surface area contributed by atoms with E-state index >= 15 is 0 Å². The molecule has 0 N–H and O–H groups in total. The van der Waals surface area contributed by atoms with E-state index < -0.39 is 20.6 Å². The quantitative estimate of drug-likeness (QED) is 0.494. The van der Waals surface area contributed by atoms with Crippen molar-refractivity contribution in [2.75, 3.05) is 53.1 Å². The van der Waals surface area contributed by atoms with E-state index in [-0.39, 0.29) is 6.42 Å². The minimum Gasteiger partial charge on any atom is -0.468 e. The summed E-state index contributed by atoms with van der Waals surface area (Å²) in [4.78, 5) is 16.5. The smallest absolute Gasteiger partial charge is 0.326 e. The molecule has 2 heterocycles. The van der Waals surface area contributed by atoms with E-state index in [1.165, 1.54) is 25.2 Å². The highest BCUT2D eigenvalue weighted by atomic mass is 32.2. The van der Waals surface area contributed by atoms with Crippen molar-refractivity contribution in [1.82, 2.24) is 9.80 Å². The molecule has 0 bridgehead atoms. The van der Waals surface area contributed by atoms with E-state index in [0.717, 1.165) is 44.4 Å². The molecule has 2 aliphatic rings. The number of ether oxygens (including phenoxy) is 1. The lowest BCUT2D eigenvalue weighted by Gasteiger charge is -2.32. The molecule has 0 spiro atoms. The molecule has 0 amide bonds. The van der Waals surface area contributed by atoms with Crippen LogP contribution in [0.5, 0.6) is 0 Å². The van der Waals surface area contributed by atoms with Crippen molar-refractivity contribution in [3.63, 3.8) is 0 Å². The number of sulfone groups is 1. The molecule has 0 aromatic heterocycles. The van der Waals surface area contributed by atoms with Crippen LogP contribution in [0.3, 0.4) is 0 Å². The Bertz CT molecular complexity index is 998. The number of methoxy groups -OCH3 is 1. The molecule has 168 valence electrons. The maximum Gasteiger partial charge on any atom is 0.326 e. The zero-order valence-corrected chi connectivity index (χ0v) is 19.7. The Morgan fingerprint density at radius 3 is 2.45 bits per heavy atom. The average molecular weight is 445 g/mol. The third kappa shape index (κ3) is 5.57. The van der Waals surface area contributed by atoms with E-state index in [1.54, 1.807) is 0 Å². The number of hydrogen-bond acceptors (Lipinski definition) is 6. The topological polar surface area (TPSA) is 66.9 Å². The molecule has 0 aliphatic carbocycles. The predicted molar refractivity (Wildman–Crippen MR) is 123 cm³/mol. The molecular weight excluding hydrogens is 412 g/mol. The molecule has 2 aliphatic heterocycles. The fourth-order valence-electron chi connectivity index (χ4n) is 3.95. The van der Waals surface area contributed by atoms with Crippen molar-refractivity contribution in [2.24, 2.45) is 5.92 Å². The largest absolute Gasteiger partial charge is 0.468 e. The van der Waals surface area contributed by atoms with Gasteiger partial charge in [0.25, 0.3) is 0 Å². The zero-order chi connectivity index (χ0) is 22.6. The number of carbonyl (C=O) groups is 1. The molecule has 6 nitrogen and oxygen atoms in total. The lowest BCUT2D eigenvalue weighted by molar-refractivity contribution is -0.143. The highest BCUT2D eigenvalue weighted by molar-refractivity contribution is 7.92. The molecule has 1 aromatic carbocycles. The lowest BCUT2D eigenvalue weighted by atomic mass is 9.97. The lowest BCUT2D eigenvalue weighted by Crippen LogP contribution is -2.46. The van der Waals surface area contributed by atoms with E-state index in [0.29, 0.717) is 12.5 Å². The van der Waals surface area contributed by atoms with Crippen LogP contribution in [0, 0.1) is 17.8 Å². The van der Waals surface area contributed by atoms with Crippen LogP contribution in [0.2, 0.25) is 0 Å². The van der Waals surface area contributed by atoms with Gasteiger partial charge in [0.2, 0.25) is 0 Å². The van der Waals surface area contributed by atoms with Crippen molar-refractivity contribution in [2.45, 2.75) is 24.5 Å². The van der Waals surface area contributed by atoms with Crippen molar-refractivity contribution in [1.29, 1.82) is 0 Å². The molecule has 1 aromatic rings. The molecule has 0 radical (unpaired) electrons. The summed E-state index contributed by atoms with van der Waals surface area (Å²) in [7, 11) is -0.242. The van der Waals surface area contributed by atoms with Crippen molar-refractivity contribution >= 4 is 21.4 Å². The molecule has 1 unspecified atom stereocenters. The summed E-state index contributed by atoms with van der Waals surface area (Å²) < 4.78 is 27.6. The number of rotatable bonds is 6. The third-order valence-corrected chi connectivity index (χ3v) is 8.38. The average Bonchev–Trinajstić information content (AvgIpc) is 2.73. The van der Waals surface area contributed by atoms with Crippen LogP contribution in [0.1, 0.15) is 30.9 Å². The minimum atomic E-state index is -3.58. The van der Waals surface area contributed by atoms with Crippen LogP contribution in [0.15, 0.2) is 30.3 Å². The molecule has 1 atom stereocenters. The van der Waals surface area contributed by atoms with Crippen LogP contribution >= 0.6 is 0 Å². The zero-order valence-electron chi connectivity index (χ0n) is 18.8. The van der Waals surface area contributed by atoms with Crippen molar-refractivity contribution in [3.05, 3.63) is 41.5 Å². The van der Waals surface area contributed by atoms with Gasteiger partial charge in [-0.05, 0) is 50.1 Å². The summed E-state index contributed by atoms with van der Waals surface area (Å²) in [5.41, 5.74) is 3.53. The Balaban J connectivity index is 1.57. The van der Waals surface area contributed by atoms with Gasteiger partial charge >= 0.3 is 5.97 Å². The standard InChI is InChI=1S/C24H32N2O4S/c1-24(23(27)30-3,31(4,28)29)13-16-26-14-11-22(12-15-26)21-9-7-19(8-10-21)5-6-20-17-25(2)18-20/h7-11,20H,12-18H2,1-4H3. The predicted octanol–water partition coefficient (Wildman–Crippen LogP) is 2.06. The van der Waals surface area contributed by atoms with Gasteiger partial charge in [0.05, 0.1) is 7.11 Å². The Labute approximate surface area is 186 Å². The highest BCUT2D eigenvalue weighted by Crippen LogP contribution is 2.26.